The molecule has 0 fully saturated rings. The number of rotatable bonds is 16. The van der Waals surface area contributed by atoms with Crippen LogP contribution in [0.1, 0.15) is 24.2 Å². The quantitative estimate of drug-likeness (QED) is 0.0611. The molecule has 2 aromatic rings. The van der Waals surface area contributed by atoms with Crippen LogP contribution in [0, 0.1) is 10.8 Å². The first-order valence-electron chi connectivity index (χ1n) is 10.5. The molecular weight excluding hydrogens is 545 g/mol. The van der Waals surface area contributed by atoms with Gasteiger partial charge in [0.05, 0.1) is 24.2 Å². The van der Waals surface area contributed by atoms with E-state index in [1.54, 1.807) is 23.5 Å². The number of nitrogens with zero attached hydrogens (tertiary/aromatic N) is 2. The molecular formula is C19H28N10O3S4. The molecule has 0 aliphatic rings. The first-order chi connectivity index (χ1) is 17.2. The third kappa shape index (κ3) is 12.7. The van der Waals surface area contributed by atoms with Gasteiger partial charge in [0.2, 0.25) is 11.8 Å². The number of anilines is 2. The number of carbonyl (C=O) groups excluding carboxylic acids is 3. The van der Waals surface area contributed by atoms with Crippen LogP contribution in [0.25, 0.3) is 0 Å². The topological polar surface area (TPSA) is 225 Å². The van der Waals surface area contributed by atoms with Crippen LogP contribution in [0.2, 0.25) is 0 Å². The smallest absolute Gasteiger partial charge is 0.227 e. The largest absolute Gasteiger partial charge is 0.370 e. The monoisotopic (exact) mass is 572 g/mol. The minimum absolute atomic E-state index is 0.167. The lowest BCUT2D eigenvalue weighted by molar-refractivity contribution is -0.131. The van der Waals surface area contributed by atoms with E-state index in [4.69, 9.17) is 22.3 Å². The number of thiazole rings is 2. The van der Waals surface area contributed by atoms with Gasteiger partial charge >= 0.3 is 0 Å². The van der Waals surface area contributed by atoms with Crippen LogP contribution >= 0.6 is 46.2 Å². The van der Waals surface area contributed by atoms with Crippen molar-refractivity contribution in [2.75, 3.05) is 35.2 Å². The number of nitrogens with one attached hydrogen (secondary N) is 6. The first-order valence-corrected chi connectivity index (χ1v) is 14.6. The summed E-state index contributed by atoms with van der Waals surface area (Å²) >= 11 is 5.85. The molecule has 0 atom stereocenters. The molecule has 0 aliphatic heterocycles. The van der Waals surface area contributed by atoms with Crippen molar-refractivity contribution in [3.8, 4) is 0 Å². The molecule has 0 saturated heterocycles. The van der Waals surface area contributed by atoms with E-state index in [-0.39, 0.29) is 24.8 Å². The molecule has 0 saturated carbocycles. The van der Waals surface area contributed by atoms with E-state index in [1.807, 2.05) is 10.8 Å². The summed E-state index contributed by atoms with van der Waals surface area (Å²) in [4.78, 5) is 44.4. The molecule has 2 rings (SSSR count). The molecule has 0 aromatic carbocycles. The standard InChI is InChI=1S/C19H28N10O3S4/c20-16(21)28-18-26-11(9-35-18)7-33-3-1-24-14(31)5-13(30)6-15(32)25-2-4-34-8-12-10-36-19(27-12)29-17(22)23/h9-10H,1-8H2,(H,24,31)(H,25,32)(H4,20,21,26,28)(H4,22,23,27,29). The van der Waals surface area contributed by atoms with Crippen LogP contribution in [-0.2, 0) is 25.9 Å². The van der Waals surface area contributed by atoms with Gasteiger partial charge in [0, 0.05) is 46.9 Å². The molecule has 2 heterocycles. The third-order valence-electron chi connectivity index (χ3n) is 3.94. The van der Waals surface area contributed by atoms with Gasteiger partial charge in [-0.05, 0) is 0 Å². The van der Waals surface area contributed by atoms with Crippen molar-refractivity contribution in [2.45, 2.75) is 24.3 Å². The molecule has 36 heavy (non-hydrogen) atoms. The predicted octanol–water partition coefficient (Wildman–Crippen LogP) is 0.959. The average molecular weight is 573 g/mol. The number of hydrogen-bond donors (Lipinski definition) is 8. The Hall–Kier alpha value is -2.89. The lowest BCUT2D eigenvalue weighted by Crippen LogP contribution is -2.31. The molecule has 13 nitrogen and oxygen atoms in total. The highest BCUT2D eigenvalue weighted by atomic mass is 32.2. The highest BCUT2D eigenvalue weighted by Gasteiger charge is 2.13. The second kappa shape index (κ2) is 16.0. The number of guanidine groups is 2. The highest BCUT2D eigenvalue weighted by molar-refractivity contribution is 7.98. The summed E-state index contributed by atoms with van der Waals surface area (Å²) in [5, 5.41) is 29.8. The lowest BCUT2D eigenvalue weighted by Gasteiger charge is -2.06. The van der Waals surface area contributed by atoms with E-state index in [1.165, 1.54) is 22.7 Å². The van der Waals surface area contributed by atoms with E-state index in [9.17, 15) is 14.4 Å². The molecule has 0 bridgehead atoms. The SMILES string of the molecule is N=C(N)Nc1nc(CSCCNC(=O)CC(=O)CC(=O)NCCSCc2csc(NC(=N)N)n2)cs1. The number of amides is 2. The van der Waals surface area contributed by atoms with Crippen molar-refractivity contribution < 1.29 is 14.4 Å². The lowest BCUT2D eigenvalue weighted by atomic mass is 10.2. The van der Waals surface area contributed by atoms with Gasteiger partial charge in [0.15, 0.2) is 28.0 Å². The van der Waals surface area contributed by atoms with E-state index < -0.39 is 17.6 Å². The fourth-order valence-electron chi connectivity index (χ4n) is 2.52. The number of ketones is 1. The summed E-state index contributed by atoms with van der Waals surface area (Å²) in [7, 11) is 0. The van der Waals surface area contributed by atoms with Gasteiger partial charge in [-0.15, -0.1) is 22.7 Å². The summed E-state index contributed by atoms with van der Waals surface area (Å²) in [6, 6.07) is 0. The Labute approximate surface area is 224 Å². The van der Waals surface area contributed by atoms with Gasteiger partial charge in [-0.25, -0.2) is 9.97 Å². The summed E-state index contributed by atoms with van der Waals surface area (Å²) in [6.45, 7) is 0.794. The Morgan fingerprint density at radius 2 is 1.22 bits per heavy atom. The van der Waals surface area contributed by atoms with Gasteiger partial charge in [-0.1, -0.05) is 0 Å². The number of aromatic nitrogens is 2. The third-order valence-corrected chi connectivity index (χ3v) is 7.54. The van der Waals surface area contributed by atoms with Gasteiger partial charge < -0.3 is 32.7 Å². The van der Waals surface area contributed by atoms with Gasteiger partial charge in [-0.2, -0.15) is 23.5 Å². The van der Waals surface area contributed by atoms with Crippen LogP contribution in [0.15, 0.2) is 10.8 Å². The van der Waals surface area contributed by atoms with E-state index in [0.29, 0.717) is 46.4 Å². The maximum Gasteiger partial charge on any atom is 0.227 e. The second-order valence-electron chi connectivity index (χ2n) is 7.06. The van der Waals surface area contributed by atoms with Gasteiger partial charge in [0.1, 0.15) is 0 Å². The molecule has 0 aliphatic carbocycles. The fraction of sp³-hybridized carbons (Fsp3) is 0.421. The minimum Gasteiger partial charge on any atom is -0.370 e. The van der Waals surface area contributed by atoms with E-state index >= 15 is 0 Å². The number of nitrogens with two attached hydrogens (primary N) is 2. The molecule has 196 valence electrons. The average Bonchev–Trinajstić information content (AvgIpc) is 3.41. The van der Waals surface area contributed by atoms with Gasteiger partial charge in [-0.3, -0.25) is 25.2 Å². The Bertz CT molecular complexity index is 978. The van der Waals surface area contributed by atoms with Crippen LogP contribution in [-0.4, -0.2) is 64.1 Å². The molecule has 0 radical (unpaired) electrons. The number of carbonyl (C=O) groups is 3. The summed E-state index contributed by atoms with van der Waals surface area (Å²) in [5.74, 6) is 0.975. The minimum atomic E-state index is -0.439. The summed E-state index contributed by atoms with van der Waals surface area (Å²) in [5.41, 5.74) is 12.2. The van der Waals surface area contributed by atoms with E-state index in [2.05, 4.69) is 31.2 Å². The molecule has 10 N–H and O–H groups in total. The number of hydrogen-bond acceptors (Lipinski definition) is 11. The maximum absolute atomic E-state index is 12.0. The number of thioether (sulfide) groups is 2. The van der Waals surface area contributed by atoms with Crippen molar-refractivity contribution in [3.63, 3.8) is 0 Å². The molecule has 2 amide bonds. The molecule has 0 unspecified atom stereocenters. The Kier molecular flexibility index (Phi) is 13.0. The Balaban J connectivity index is 1.48. The molecule has 2 aromatic heterocycles. The summed E-state index contributed by atoms with van der Waals surface area (Å²) < 4.78 is 0. The highest BCUT2D eigenvalue weighted by Crippen LogP contribution is 2.20. The zero-order chi connectivity index (χ0) is 26.3. The van der Waals surface area contributed by atoms with Crippen LogP contribution in [0.4, 0.5) is 10.3 Å². The van der Waals surface area contributed by atoms with Crippen molar-refractivity contribution >= 4 is 86.0 Å². The second-order valence-corrected chi connectivity index (χ2v) is 11.0. The van der Waals surface area contributed by atoms with Crippen molar-refractivity contribution in [3.05, 3.63) is 22.1 Å². The maximum atomic E-state index is 12.0. The zero-order valence-corrected chi connectivity index (χ0v) is 22.5. The van der Waals surface area contributed by atoms with Crippen molar-refractivity contribution in [1.29, 1.82) is 10.8 Å². The number of Topliss-reactive ketones (excluding diaryl/α,β-unsaturated/α-hetero) is 1. The molecule has 17 heteroatoms. The van der Waals surface area contributed by atoms with Crippen molar-refractivity contribution in [2.24, 2.45) is 11.5 Å². The van der Waals surface area contributed by atoms with Crippen LogP contribution < -0.4 is 32.7 Å². The van der Waals surface area contributed by atoms with Gasteiger partial charge in [0.25, 0.3) is 0 Å². The first kappa shape index (κ1) is 29.3. The van der Waals surface area contributed by atoms with Crippen LogP contribution in [0.5, 0.6) is 0 Å². The predicted molar refractivity (Wildman–Crippen MR) is 148 cm³/mol. The zero-order valence-electron chi connectivity index (χ0n) is 19.2. The molecule has 0 spiro atoms. The normalized spacial score (nSPS) is 10.4. The Morgan fingerprint density at radius 3 is 1.61 bits per heavy atom. The fourth-order valence-corrected chi connectivity index (χ4v) is 5.67. The van der Waals surface area contributed by atoms with E-state index in [0.717, 1.165) is 11.4 Å². The summed E-state index contributed by atoms with van der Waals surface area (Å²) in [6.07, 6.45) is -0.668. The van der Waals surface area contributed by atoms with Crippen LogP contribution in [0.3, 0.4) is 0 Å². The van der Waals surface area contributed by atoms with Crippen molar-refractivity contribution in [1.82, 2.24) is 20.6 Å². The Morgan fingerprint density at radius 1 is 0.806 bits per heavy atom.